The summed E-state index contributed by atoms with van der Waals surface area (Å²) in [5.41, 5.74) is 2.93. The van der Waals surface area contributed by atoms with Gasteiger partial charge in [-0.25, -0.2) is 0 Å². The molecule has 0 saturated carbocycles. The summed E-state index contributed by atoms with van der Waals surface area (Å²) in [6.07, 6.45) is 0. The fourth-order valence-electron chi connectivity index (χ4n) is 1.85. The Kier molecular flexibility index (Phi) is 3.20. The van der Waals surface area contributed by atoms with Gasteiger partial charge < -0.3 is 10.1 Å². The molecular weight excluding hydrogens is 198 g/mol. The van der Waals surface area contributed by atoms with Gasteiger partial charge in [-0.05, 0) is 23.6 Å². The van der Waals surface area contributed by atoms with Crippen LogP contribution in [0.1, 0.15) is 32.3 Å². The van der Waals surface area contributed by atoms with Gasteiger partial charge in [0.2, 0.25) is 0 Å². The second-order valence-corrected chi connectivity index (χ2v) is 5.43. The summed E-state index contributed by atoms with van der Waals surface area (Å²) in [7, 11) is 0. The van der Waals surface area contributed by atoms with Crippen molar-refractivity contribution in [1.29, 1.82) is 0 Å². The van der Waals surface area contributed by atoms with E-state index in [2.05, 4.69) is 50.4 Å². The molecule has 2 nitrogen and oxygen atoms in total. The molecule has 1 fully saturated rings. The first-order chi connectivity index (χ1) is 7.59. The Balaban J connectivity index is 1.90. The highest BCUT2D eigenvalue weighted by atomic mass is 16.5. The number of benzene rings is 1. The van der Waals surface area contributed by atoms with Crippen molar-refractivity contribution >= 4 is 5.69 Å². The van der Waals surface area contributed by atoms with Crippen molar-refractivity contribution in [3.05, 3.63) is 29.8 Å². The summed E-state index contributed by atoms with van der Waals surface area (Å²) in [5, 5.41) is 3.47. The maximum atomic E-state index is 5.24. The lowest BCUT2D eigenvalue weighted by atomic mass is 9.88. The Morgan fingerprint density at radius 3 is 2.31 bits per heavy atom. The lowest BCUT2D eigenvalue weighted by Gasteiger charge is -2.38. The zero-order valence-corrected chi connectivity index (χ0v) is 10.4. The van der Waals surface area contributed by atoms with Crippen molar-refractivity contribution in [2.45, 2.75) is 26.7 Å². The van der Waals surface area contributed by atoms with E-state index in [1.807, 2.05) is 0 Å². The fourth-order valence-corrected chi connectivity index (χ4v) is 1.85. The van der Waals surface area contributed by atoms with Crippen LogP contribution in [-0.2, 0) is 4.74 Å². The van der Waals surface area contributed by atoms with Crippen molar-refractivity contribution in [3.63, 3.8) is 0 Å². The molecule has 0 unspecified atom stereocenters. The number of rotatable bonds is 4. The standard InChI is InChI=1S/C14H21NO/c1-11(2)12-4-6-13(7-5-12)15-8-14(3)9-16-10-14/h4-7,11,15H,8-10H2,1-3H3. The molecule has 1 aliphatic rings. The number of nitrogens with one attached hydrogen (secondary N) is 1. The highest BCUT2D eigenvalue weighted by Crippen LogP contribution is 2.27. The highest BCUT2D eigenvalue weighted by molar-refractivity contribution is 5.45. The topological polar surface area (TPSA) is 21.3 Å². The van der Waals surface area contributed by atoms with Crippen LogP contribution in [0.2, 0.25) is 0 Å². The Bertz CT molecular complexity index is 338. The van der Waals surface area contributed by atoms with Crippen LogP contribution in [0.5, 0.6) is 0 Å². The van der Waals surface area contributed by atoms with E-state index >= 15 is 0 Å². The molecule has 0 spiro atoms. The smallest absolute Gasteiger partial charge is 0.0559 e. The van der Waals surface area contributed by atoms with E-state index < -0.39 is 0 Å². The molecule has 0 aromatic heterocycles. The minimum atomic E-state index is 0.330. The fraction of sp³-hybridized carbons (Fsp3) is 0.571. The van der Waals surface area contributed by atoms with E-state index in [-0.39, 0.29) is 0 Å². The normalized spacial score (nSPS) is 18.2. The van der Waals surface area contributed by atoms with E-state index in [4.69, 9.17) is 4.74 Å². The zero-order valence-electron chi connectivity index (χ0n) is 10.4. The predicted octanol–water partition coefficient (Wildman–Crippen LogP) is 3.26. The monoisotopic (exact) mass is 219 g/mol. The Morgan fingerprint density at radius 1 is 1.25 bits per heavy atom. The first-order valence-electron chi connectivity index (χ1n) is 6.01. The van der Waals surface area contributed by atoms with Gasteiger partial charge in [0.05, 0.1) is 13.2 Å². The molecule has 0 bridgehead atoms. The molecule has 1 saturated heterocycles. The van der Waals surface area contributed by atoms with Crippen molar-refractivity contribution in [2.24, 2.45) is 5.41 Å². The molecule has 2 rings (SSSR count). The first-order valence-corrected chi connectivity index (χ1v) is 6.01. The third kappa shape index (κ3) is 2.56. The van der Waals surface area contributed by atoms with Crippen molar-refractivity contribution in [2.75, 3.05) is 25.1 Å². The van der Waals surface area contributed by atoms with Crippen LogP contribution in [-0.4, -0.2) is 19.8 Å². The molecule has 2 heteroatoms. The summed E-state index contributed by atoms with van der Waals surface area (Å²) < 4.78 is 5.24. The van der Waals surface area contributed by atoms with Gasteiger partial charge in [-0.15, -0.1) is 0 Å². The van der Waals surface area contributed by atoms with Gasteiger partial charge in [-0.2, -0.15) is 0 Å². The van der Waals surface area contributed by atoms with Gasteiger partial charge in [0.25, 0.3) is 0 Å². The number of hydrogen-bond donors (Lipinski definition) is 1. The van der Waals surface area contributed by atoms with Crippen LogP contribution < -0.4 is 5.32 Å². The maximum Gasteiger partial charge on any atom is 0.0559 e. The molecule has 1 aliphatic heterocycles. The SMILES string of the molecule is CC(C)c1ccc(NCC2(C)COC2)cc1. The minimum absolute atomic E-state index is 0.330. The molecule has 0 aliphatic carbocycles. The minimum Gasteiger partial charge on any atom is -0.384 e. The second kappa shape index (κ2) is 4.46. The summed E-state index contributed by atoms with van der Waals surface area (Å²) >= 11 is 0. The average Bonchev–Trinajstić information content (AvgIpc) is 2.24. The molecule has 16 heavy (non-hydrogen) atoms. The summed E-state index contributed by atoms with van der Waals surface area (Å²) in [6.45, 7) is 9.44. The van der Waals surface area contributed by atoms with Crippen LogP contribution in [0.25, 0.3) is 0 Å². The van der Waals surface area contributed by atoms with E-state index in [0.29, 0.717) is 11.3 Å². The summed E-state index contributed by atoms with van der Waals surface area (Å²) in [5.74, 6) is 0.603. The lowest BCUT2D eigenvalue weighted by molar-refractivity contribution is -0.0924. The van der Waals surface area contributed by atoms with E-state index in [9.17, 15) is 0 Å². The molecule has 0 radical (unpaired) electrons. The largest absolute Gasteiger partial charge is 0.384 e. The van der Waals surface area contributed by atoms with Crippen LogP contribution in [0.3, 0.4) is 0 Å². The van der Waals surface area contributed by atoms with Gasteiger partial charge in [-0.1, -0.05) is 32.9 Å². The molecular formula is C14H21NO. The Hall–Kier alpha value is -1.02. The van der Waals surface area contributed by atoms with E-state index in [0.717, 1.165) is 19.8 Å². The molecule has 0 atom stereocenters. The lowest BCUT2D eigenvalue weighted by Crippen LogP contribution is -2.45. The second-order valence-electron chi connectivity index (χ2n) is 5.43. The highest BCUT2D eigenvalue weighted by Gasteiger charge is 2.32. The van der Waals surface area contributed by atoms with Gasteiger partial charge in [0.15, 0.2) is 0 Å². The van der Waals surface area contributed by atoms with Crippen molar-refractivity contribution in [3.8, 4) is 0 Å². The molecule has 0 amide bonds. The third-order valence-corrected chi connectivity index (χ3v) is 3.20. The number of hydrogen-bond acceptors (Lipinski definition) is 2. The maximum absolute atomic E-state index is 5.24. The number of anilines is 1. The van der Waals surface area contributed by atoms with Crippen molar-refractivity contribution in [1.82, 2.24) is 0 Å². The summed E-state index contributed by atoms with van der Waals surface area (Å²) in [6, 6.07) is 8.73. The third-order valence-electron chi connectivity index (χ3n) is 3.20. The Labute approximate surface area is 98.0 Å². The summed E-state index contributed by atoms with van der Waals surface area (Å²) in [4.78, 5) is 0. The van der Waals surface area contributed by atoms with E-state index in [1.165, 1.54) is 11.3 Å². The zero-order chi connectivity index (χ0) is 11.6. The van der Waals surface area contributed by atoms with Crippen LogP contribution in [0, 0.1) is 5.41 Å². The molecule has 1 aromatic carbocycles. The molecule has 1 N–H and O–H groups in total. The average molecular weight is 219 g/mol. The molecule has 88 valence electrons. The van der Waals surface area contributed by atoms with E-state index in [1.54, 1.807) is 0 Å². The van der Waals surface area contributed by atoms with Gasteiger partial charge in [0, 0.05) is 17.6 Å². The quantitative estimate of drug-likeness (QED) is 0.839. The number of ether oxygens (including phenoxy) is 1. The predicted molar refractivity (Wildman–Crippen MR) is 67.9 cm³/mol. The molecule has 1 heterocycles. The first kappa shape index (κ1) is 11.5. The van der Waals surface area contributed by atoms with Crippen LogP contribution >= 0.6 is 0 Å². The van der Waals surface area contributed by atoms with Gasteiger partial charge >= 0.3 is 0 Å². The molecule has 1 aromatic rings. The van der Waals surface area contributed by atoms with Gasteiger partial charge in [0.1, 0.15) is 0 Å². The van der Waals surface area contributed by atoms with Crippen LogP contribution in [0.4, 0.5) is 5.69 Å². The van der Waals surface area contributed by atoms with Crippen LogP contribution in [0.15, 0.2) is 24.3 Å². The Morgan fingerprint density at radius 2 is 1.88 bits per heavy atom. The van der Waals surface area contributed by atoms with Crippen molar-refractivity contribution < 1.29 is 4.74 Å². The van der Waals surface area contributed by atoms with Gasteiger partial charge in [-0.3, -0.25) is 0 Å².